The highest BCUT2D eigenvalue weighted by Gasteiger charge is 2.04. The Morgan fingerprint density at radius 1 is 0.962 bits per heavy atom. The summed E-state index contributed by atoms with van der Waals surface area (Å²) in [4.78, 5) is 11.9. The normalized spacial score (nSPS) is 11.1. The molecule has 0 bridgehead atoms. The van der Waals surface area contributed by atoms with Gasteiger partial charge in [0.15, 0.2) is 6.61 Å². The van der Waals surface area contributed by atoms with E-state index in [0.29, 0.717) is 18.1 Å². The first-order valence-corrected chi connectivity index (χ1v) is 8.90. The summed E-state index contributed by atoms with van der Waals surface area (Å²) >= 11 is 0. The molecule has 0 aliphatic carbocycles. The first-order valence-electron chi connectivity index (χ1n) is 8.90. The Kier molecular flexibility index (Phi) is 7.68. The van der Waals surface area contributed by atoms with Gasteiger partial charge in [0.2, 0.25) is 0 Å². The highest BCUT2D eigenvalue weighted by Crippen LogP contribution is 2.14. The lowest BCUT2D eigenvalue weighted by Gasteiger charge is -2.07. The Labute approximate surface area is 155 Å². The van der Waals surface area contributed by atoms with Crippen molar-refractivity contribution in [3.8, 4) is 11.5 Å². The first kappa shape index (κ1) is 19.5. The topological polar surface area (TPSA) is 59.9 Å². The van der Waals surface area contributed by atoms with Gasteiger partial charge in [-0.2, -0.15) is 5.10 Å². The van der Waals surface area contributed by atoms with Gasteiger partial charge in [0.1, 0.15) is 11.5 Å². The minimum absolute atomic E-state index is 0.0762. The van der Waals surface area contributed by atoms with Crippen LogP contribution in [0.15, 0.2) is 53.6 Å². The number of hydrogen-bond acceptors (Lipinski definition) is 4. The Balaban J connectivity index is 1.82. The van der Waals surface area contributed by atoms with Gasteiger partial charge >= 0.3 is 0 Å². The number of benzene rings is 2. The molecule has 0 aromatic heterocycles. The molecule has 0 saturated carbocycles. The van der Waals surface area contributed by atoms with E-state index in [0.717, 1.165) is 24.2 Å². The second kappa shape index (κ2) is 10.2. The smallest absolute Gasteiger partial charge is 0.277 e. The zero-order chi connectivity index (χ0) is 18.8. The molecule has 0 aliphatic rings. The summed E-state index contributed by atoms with van der Waals surface area (Å²) in [6.07, 6.45) is 2.15. The second-order valence-electron chi connectivity index (χ2n) is 5.87. The number of ether oxygens (including phenoxy) is 2. The molecule has 2 aromatic rings. The largest absolute Gasteiger partial charge is 0.494 e. The van der Waals surface area contributed by atoms with Gasteiger partial charge in [-0.15, -0.1) is 0 Å². The van der Waals surface area contributed by atoms with Crippen LogP contribution >= 0.6 is 0 Å². The maximum Gasteiger partial charge on any atom is 0.277 e. The number of nitrogens with zero attached hydrogens (tertiary/aromatic N) is 1. The first-order chi connectivity index (χ1) is 12.6. The van der Waals surface area contributed by atoms with E-state index in [1.807, 2.05) is 62.4 Å². The van der Waals surface area contributed by atoms with Crippen LogP contribution in [-0.4, -0.2) is 24.8 Å². The predicted molar refractivity (Wildman–Crippen MR) is 104 cm³/mol. The van der Waals surface area contributed by atoms with Crippen molar-refractivity contribution in [3.05, 3.63) is 59.7 Å². The molecule has 5 nitrogen and oxygen atoms in total. The lowest BCUT2D eigenvalue weighted by atomic mass is 10.1. The van der Waals surface area contributed by atoms with Crippen LogP contribution in [0.4, 0.5) is 0 Å². The van der Waals surface area contributed by atoms with Crippen molar-refractivity contribution in [2.24, 2.45) is 5.10 Å². The number of aryl methyl sites for hydroxylation is 1. The Hall–Kier alpha value is -2.82. The van der Waals surface area contributed by atoms with Crippen LogP contribution in [0, 0.1) is 0 Å². The molecule has 138 valence electrons. The Morgan fingerprint density at radius 2 is 1.58 bits per heavy atom. The van der Waals surface area contributed by atoms with E-state index in [2.05, 4.69) is 17.5 Å². The lowest BCUT2D eigenvalue weighted by molar-refractivity contribution is -0.123. The third-order valence-corrected chi connectivity index (χ3v) is 3.76. The molecule has 2 aromatic carbocycles. The van der Waals surface area contributed by atoms with Crippen molar-refractivity contribution < 1.29 is 14.3 Å². The maximum atomic E-state index is 11.9. The van der Waals surface area contributed by atoms with E-state index in [4.69, 9.17) is 9.47 Å². The summed E-state index contributed by atoms with van der Waals surface area (Å²) in [6.45, 7) is 6.47. The Bertz CT molecular complexity index is 722. The maximum absolute atomic E-state index is 11.9. The highest BCUT2D eigenvalue weighted by molar-refractivity contribution is 5.99. The SMILES string of the molecule is CCCc1ccc(OCC(=O)NN=C(C)c2ccc(OCC)cc2)cc1. The third kappa shape index (κ3) is 6.24. The zero-order valence-corrected chi connectivity index (χ0v) is 15.6. The number of hydrazone groups is 1. The van der Waals surface area contributed by atoms with Crippen molar-refractivity contribution in [2.45, 2.75) is 33.6 Å². The fraction of sp³-hybridized carbons (Fsp3) is 0.333. The molecule has 0 saturated heterocycles. The number of rotatable bonds is 9. The van der Waals surface area contributed by atoms with E-state index in [-0.39, 0.29) is 12.5 Å². The molecule has 0 heterocycles. The summed E-state index contributed by atoms with van der Waals surface area (Å²) in [7, 11) is 0. The average Bonchev–Trinajstić information content (AvgIpc) is 2.66. The average molecular weight is 354 g/mol. The predicted octanol–water partition coefficient (Wildman–Crippen LogP) is 3.96. The fourth-order valence-electron chi connectivity index (χ4n) is 2.39. The minimum Gasteiger partial charge on any atom is -0.494 e. The molecule has 2 rings (SSSR count). The van der Waals surface area contributed by atoms with Crippen molar-refractivity contribution in [1.29, 1.82) is 0 Å². The minimum atomic E-state index is -0.298. The quantitative estimate of drug-likeness (QED) is 0.548. The molecule has 5 heteroatoms. The van der Waals surface area contributed by atoms with Gasteiger partial charge in [-0.3, -0.25) is 4.79 Å². The van der Waals surface area contributed by atoms with Crippen LogP contribution in [0.1, 0.15) is 38.3 Å². The number of carbonyl (C=O) groups is 1. The Morgan fingerprint density at radius 3 is 2.19 bits per heavy atom. The van der Waals surface area contributed by atoms with E-state index in [1.54, 1.807) is 0 Å². The molecule has 0 fully saturated rings. The molecule has 0 unspecified atom stereocenters. The van der Waals surface area contributed by atoms with E-state index < -0.39 is 0 Å². The molecule has 26 heavy (non-hydrogen) atoms. The number of hydrogen-bond donors (Lipinski definition) is 1. The second-order valence-corrected chi connectivity index (χ2v) is 5.87. The number of amides is 1. The van der Waals surface area contributed by atoms with E-state index >= 15 is 0 Å². The van der Waals surface area contributed by atoms with Crippen LogP contribution in [0.3, 0.4) is 0 Å². The van der Waals surface area contributed by atoms with Gasteiger partial charge in [-0.05, 0) is 67.8 Å². The van der Waals surface area contributed by atoms with E-state index in [1.165, 1.54) is 5.56 Å². The van der Waals surface area contributed by atoms with Gasteiger partial charge in [0.05, 0.1) is 12.3 Å². The summed E-state index contributed by atoms with van der Waals surface area (Å²) in [5.74, 6) is 1.19. The van der Waals surface area contributed by atoms with Gasteiger partial charge in [0.25, 0.3) is 5.91 Å². The van der Waals surface area contributed by atoms with Crippen molar-refractivity contribution in [3.63, 3.8) is 0 Å². The van der Waals surface area contributed by atoms with Gasteiger partial charge < -0.3 is 9.47 Å². The third-order valence-electron chi connectivity index (χ3n) is 3.76. The van der Waals surface area contributed by atoms with Crippen LogP contribution < -0.4 is 14.9 Å². The van der Waals surface area contributed by atoms with Crippen LogP contribution in [0.2, 0.25) is 0 Å². The summed E-state index contributed by atoms with van der Waals surface area (Å²) < 4.78 is 10.9. The van der Waals surface area contributed by atoms with Gasteiger partial charge in [-0.25, -0.2) is 5.43 Å². The summed E-state index contributed by atoms with van der Waals surface area (Å²) in [5.41, 5.74) is 5.41. The highest BCUT2D eigenvalue weighted by atomic mass is 16.5. The molecule has 0 radical (unpaired) electrons. The zero-order valence-electron chi connectivity index (χ0n) is 15.6. The van der Waals surface area contributed by atoms with Crippen LogP contribution in [-0.2, 0) is 11.2 Å². The molecular weight excluding hydrogens is 328 g/mol. The van der Waals surface area contributed by atoms with Gasteiger partial charge in [-0.1, -0.05) is 25.5 Å². The van der Waals surface area contributed by atoms with E-state index in [9.17, 15) is 4.79 Å². The van der Waals surface area contributed by atoms with Crippen molar-refractivity contribution in [2.75, 3.05) is 13.2 Å². The summed E-state index contributed by atoms with van der Waals surface area (Å²) in [6, 6.07) is 15.4. The summed E-state index contributed by atoms with van der Waals surface area (Å²) in [5, 5.41) is 4.12. The lowest BCUT2D eigenvalue weighted by Crippen LogP contribution is -2.25. The molecule has 1 N–H and O–H groups in total. The van der Waals surface area contributed by atoms with Crippen molar-refractivity contribution >= 4 is 11.6 Å². The number of carbonyl (C=O) groups excluding carboxylic acids is 1. The molecule has 1 amide bonds. The number of nitrogens with one attached hydrogen (secondary N) is 1. The van der Waals surface area contributed by atoms with Crippen LogP contribution in [0.5, 0.6) is 11.5 Å². The monoisotopic (exact) mass is 354 g/mol. The van der Waals surface area contributed by atoms with Gasteiger partial charge in [0, 0.05) is 0 Å². The standard InChI is InChI=1S/C21H26N2O3/c1-4-6-17-7-11-20(12-8-17)26-15-21(24)23-22-16(3)18-9-13-19(14-10-18)25-5-2/h7-14H,4-6,15H2,1-3H3,(H,23,24). The fourth-order valence-corrected chi connectivity index (χ4v) is 2.39. The molecule has 0 aliphatic heterocycles. The molecule has 0 atom stereocenters. The van der Waals surface area contributed by atoms with Crippen LogP contribution in [0.25, 0.3) is 0 Å². The van der Waals surface area contributed by atoms with Crippen molar-refractivity contribution in [1.82, 2.24) is 5.43 Å². The molecule has 0 spiro atoms. The molecular formula is C21H26N2O3.